The van der Waals surface area contributed by atoms with Crippen LogP contribution in [0.25, 0.3) is 0 Å². The molecular weight excluding hydrogens is 300 g/mol. The van der Waals surface area contributed by atoms with Crippen molar-refractivity contribution in [3.8, 4) is 0 Å². The highest BCUT2D eigenvalue weighted by atomic mass is 16.4. The zero-order valence-electron chi connectivity index (χ0n) is 14.3. The van der Waals surface area contributed by atoms with Gasteiger partial charge in [-0.25, -0.2) is 0 Å². The van der Waals surface area contributed by atoms with Crippen molar-refractivity contribution in [3.63, 3.8) is 0 Å². The number of carbonyl (C=O) groups is 2. The molecule has 6 nitrogen and oxygen atoms in total. The second-order valence-electron chi connectivity index (χ2n) is 6.13. The summed E-state index contributed by atoms with van der Waals surface area (Å²) in [6, 6.07) is 0. The van der Waals surface area contributed by atoms with E-state index < -0.39 is 29.8 Å². The van der Waals surface area contributed by atoms with Crippen molar-refractivity contribution in [2.75, 3.05) is 0 Å². The van der Waals surface area contributed by atoms with Crippen molar-refractivity contribution in [2.24, 2.45) is 11.8 Å². The monoisotopic (exact) mass is 324 g/mol. The highest BCUT2D eigenvalue weighted by Crippen LogP contribution is 2.26. The summed E-state index contributed by atoms with van der Waals surface area (Å²) >= 11 is 0. The molecule has 4 atom stereocenters. The molecule has 0 fully saturated rings. The summed E-state index contributed by atoms with van der Waals surface area (Å²) in [6.45, 7) is 9.34. The van der Waals surface area contributed by atoms with Crippen LogP contribution < -0.4 is 5.43 Å². The molecule has 0 aliphatic carbocycles. The van der Waals surface area contributed by atoms with Crippen molar-refractivity contribution < 1.29 is 24.2 Å². The Kier molecular flexibility index (Phi) is 5.88. The van der Waals surface area contributed by atoms with Crippen molar-refractivity contribution >= 4 is 11.8 Å². The van der Waals surface area contributed by atoms with Crippen molar-refractivity contribution in [2.45, 2.75) is 53.6 Å². The normalized spacial score (nSPS) is 16.5. The first kappa shape index (κ1) is 19.1. The number of carbonyl (C=O) groups excluding carboxylic acids is 1. The Bertz CT molecular complexity index is 672. The van der Waals surface area contributed by atoms with Gasteiger partial charge in [-0.1, -0.05) is 6.92 Å². The maximum atomic E-state index is 12.6. The van der Waals surface area contributed by atoms with Crippen molar-refractivity contribution in [3.05, 3.63) is 32.9 Å². The van der Waals surface area contributed by atoms with Gasteiger partial charge in [0.25, 0.3) is 0 Å². The molecule has 2 N–H and O–H groups in total. The SMILES string of the molecule is Cc1oc([C@H](C)C(=O)[C@@H](C)[C@@H](O)[C@@H](C)C(=O)O)c(C)c(=O)c1C. The topological polar surface area (TPSA) is 105 Å². The van der Waals surface area contributed by atoms with E-state index in [1.807, 2.05) is 0 Å². The Labute approximate surface area is 135 Å². The Morgan fingerprint density at radius 1 is 1.00 bits per heavy atom. The summed E-state index contributed by atoms with van der Waals surface area (Å²) < 4.78 is 5.62. The second-order valence-corrected chi connectivity index (χ2v) is 6.13. The molecule has 0 bridgehead atoms. The van der Waals surface area contributed by atoms with Crippen LogP contribution in [0.15, 0.2) is 9.21 Å². The predicted molar refractivity (Wildman–Crippen MR) is 84.6 cm³/mol. The molecule has 1 aromatic rings. The molecule has 0 aliphatic heterocycles. The lowest BCUT2D eigenvalue weighted by Gasteiger charge is -2.24. The molecule has 0 amide bonds. The van der Waals surface area contributed by atoms with Gasteiger partial charge in [0, 0.05) is 17.0 Å². The van der Waals surface area contributed by atoms with E-state index in [9.17, 15) is 19.5 Å². The van der Waals surface area contributed by atoms with E-state index in [0.29, 0.717) is 16.9 Å². The van der Waals surface area contributed by atoms with Gasteiger partial charge >= 0.3 is 5.97 Å². The highest BCUT2D eigenvalue weighted by Gasteiger charge is 2.35. The van der Waals surface area contributed by atoms with Gasteiger partial charge in [-0.2, -0.15) is 0 Å². The van der Waals surface area contributed by atoms with Gasteiger partial charge in [0.15, 0.2) is 5.43 Å². The molecular formula is C17H24O6. The van der Waals surface area contributed by atoms with Gasteiger partial charge in [-0.05, 0) is 34.6 Å². The lowest BCUT2D eigenvalue weighted by Crippen LogP contribution is -2.37. The Morgan fingerprint density at radius 3 is 2.00 bits per heavy atom. The van der Waals surface area contributed by atoms with Gasteiger partial charge in [0.05, 0.1) is 17.9 Å². The Morgan fingerprint density at radius 2 is 1.52 bits per heavy atom. The summed E-state index contributed by atoms with van der Waals surface area (Å²) in [6.07, 6.45) is -1.30. The average molecular weight is 324 g/mol. The Hall–Kier alpha value is -1.95. The number of aryl methyl sites for hydroxylation is 1. The third kappa shape index (κ3) is 3.69. The highest BCUT2D eigenvalue weighted by molar-refractivity contribution is 5.88. The third-order valence-electron chi connectivity index (χ3n) is 4.52. The van der Waals surface area contributed by atoms with Crippen LogP contribution in [0, 0.1) is 32.6 Å². The average Bonchev–Trinajstić information content (AvgIpc) is 2.52. The van der Waals surface area contributed by atoms with E-state index in [1.165, 1.54) is 13.8 Å². The summed E-state index contributed by atoms with van der Waals surface area (Å²) in [5.74, 6) is -3.50. The summed E-state index contributed by atoms with van der Waals surface area (Å²) in [5, 5.41) is 19.0. The zero-order valence-corrected chi connectivity index (χ0v) is 14.3. The smallest absolute Gasteiger partial charge is 0.308 e. The minimum atomic E-state index is -1.30. The number of rotatable bonds is 6. The molecule has 23 heavy (non-hydrogen) atoms. The minimum Gasteiger partial charge on any atom is -0.481 e. The van der Waals surface area contributed by atoms with E-state index >= 15 is 0 Å². The predicted octanol–water partition coefficient (Wildman–Crippen LogP) is 1.96. The van der Waals surface area contributed by atoms with E-state index in [4.69, 9.17) is 9.52 Å². The summed E-state index contributed by atoms with van der Waals surface area (Å²) in [5.41, 5.74) is 0.691. The first-order valence-electron chi connectivity index (χ1n) is 7.56. The van der Waals surface area contributed by atoms with Crippen LogP contribution in [0.1, 0.15) is 49.3 Å². The number of carboxylic acids is 1. The number of aliphatic hydroxyl groups excluding tert-OH is 1. The molecule has 0 aliphatic rings. The molecule has 1 heterocycles. The standard InChI is InChI=1S/C17H24O6/c1-7-12(6)23-16(9(3)13(7)18)10(4)14(19)8(2)15(20)11(5)17(21)22/h8,10-11,15,20H,1-6H3,(H,21,22)/t8-,10-,11-,15-/m1/s1. The fourth-order valence-corrected chi connectivity index (χ4v) is 2.56. The number of hydrogen-bond donors (Lipinski definition) is 2. The molecule has 0 unspecified atom stereocenters. The largest absolute Gasteiger partial charge is 0.481 e. The van der Waals surface area contributed by atoms with Gasteiger partial charge in [0.2, 0.25) is 0 Å². The van der Waals surface area contributed by atoms with E-state index in [0.717, 1.165) is 0 Å². The lowest BCUT2D eigenvalue weighted by molar-refractivity contribution is -0.147. The third-order valence-corrected chi connectivity index (χ3v) is 4.52. The van der Waals surface area contributed by atoms with Crippen LogP contribution in [0.5, 0.6) is 0 Å². The molecule has 0 saturated carbocycles. The first-order chi connectivity index (χ1) is 10.5. The number of ketones is 1. The summed E-state index contributed by atoms with van der Waals surface area (Å²) in [4.78, 5) is 35.7. The van der Waals surface area contributed by atoms with Crippen LogP contribution in [-0.2, 0) is 9.59 Å². The number of Topliss-reactive ketones (excluding diaryl/α,β-unsaturated/α-hetero) is 1. The fraction of sp³-hybridized carbons (Fsp3) is 0.588. The quantitative estimate of drug-likeness (QED) is 0.828. The molecule has 0 aromatic carbocycles. The maximum absolute atomic E-state index is 12.6. The van der Waals surface area contributed by atoms with Gasteiger partial charge < -0.3 is 14.6 Å². The molecule has 0 radical (unpaired) electrons. The fourth-order valence-electron chi connectivity index (χ4n) is 2.56. The second kappa shape index (κ2) is 7.08. The molecule has 128 valence electrons. The van der Waals surface area contributed by atoms with E-state index in [1.54, 1.807) is 27.7 Å². The molecule has 1 aromatic heterocycles. The van der Waals surface area contributed by atoms with Gasteiger partial charge in [-0.15, -0.1) is 0 Å². The van der Waals surface area contributed by atoms with Crippen molar-refractivity contribution in [1.82, 2.24) is 0 Å². The van der Waals surface area contributed by atoms with E-state index in [-0.39, 0.29) is 17.0 Å². The molecule has 0 spiro atoms. The van der Waals surface area contributed by atoms with Crippen LogP contribution >= 0.6 is 0 Å². The van der Waals surface area contributed by atoms with Crippen LogP contribution in [-0.4, -0.2) is 28.1 Å². The number of aliphatic carboxylic acids is 1. The first-order valence-corrected chi connectivity index (χ1v) is 7.56. The Balaban J connectivity index is 3.15. The zero-order chi connectivity index (χ0) is 18.1. The minimum absolute atomic E-state index is 0.171. The molecule has 6 heteroatoms. The lowest BCUT2D eigenvalue weighted by atomic mass is 9.84. The van der Waals surface area contributed by atoms with Crippen LogP contribution in [0.3, 0.4) is 0 Å². The maximum Gasteiger partial charge on any atom is 0.308 e. The number of aliphatic hydroxyl groups is 1. The van der Waals surface area contributed by atoms with Gasteiger partial charge in [-0.3, -0.25) is 14.4 Å². The van der Waals surface area contributed by atoms with Gasteiger partial charge in [0.1, 0.15) is 17.3 Å². The molecule has 0 saturated heterocycles. The summed E-state index contributed by atoms with van der Waals surface area (Å²) in [7, 11) is 0. The number of hydrogen-bond acceptors (Lipinski definition) is 5. The van der Waals surface area contributed by atoms with Crippen molar-refractivity contribution in [1.29, 1.82) is 0 Å². The van der Waals surface area contributed by atoms with Crippen LogP contribution in [0.4, 0.5) is 0 Å². The van der Waals surface area contributed by atoms with E-state index in [2.05, 4.69) is 0 Å². The van der Waals surface area contributed by atoms with Crippen LogP contribution in [0.2, 0.25) is 0 Å². The number of carboxylic acid groups (broad SMARTS) is 1. The molecule has 1 rings (SSSR count).